The molecule has 1 amide bonds. The molecule has 0 aliphatic carbocycles. The summed E-state index contributed by atoms with van der Waals surface area (Å²) in [4.78, 5) is 17.6. The van der Waals surface area contributed by atoms with Gasteiger partial charge < -0.3 is 14.7 Å². The fourth-order valence-corrected chi connectivity index (χ4v) is 1.36. The van der Waals surface area contributed by atoms with Gasteiger partial charge >= 0.3 is 6.01 Å². The summed E-state index contributed by atoms with van der Waals surface area (Å²) in [5.41, 5.74) is -0.240. The molecule has 0 unspecified atom stereocenters. The van der Waals surface area contributed by atoms with Gasteiger partial charge in [-0.2, -0.15) is 4.98 Å². The van der Waals surface area contributed by atoms with Gasteiger partial charge in [0, 0.05) is 18.5 Å². The summed E-state index contributed by atoms with van der Waals surface area (Å²) in [5, 5.41) is 6.74. The molecule has 0 spiro atoms. The van der Waals surface area contributed by atoms with Gasteiger partial charge in [-0.1, -0.05) is 19.0 Å². The van der Waals surface area contributed by atoms with Crippen molar-refractivity contribution in [3.05, 3.63) is 5.82 Å². The van der Waals surface area contributed by atoms with E-state index in [4.69, 9.17) is 4.52 Å². The molecule has 0 aliphatic rings. The van der Waals surface area contributed by atoms with E-state index in [-0.39, 0.29) is 23.9 Å². The zero-order chi connectivity index (χ0) is 13.9. The quantitative estimate of drug-likeness (QED) is 0.882. The van der Waals surface area contributed by atoms with Gasteiger partial charge in [0.25, 0.3) is 0 Å². The van der Waals surface area contributed by atoms with Gasteiger partial charge in [0.2, 0.25) is 5.91 Å². The molecule has 1 aromatic heterocycles. The number of aromatic nitrogens is 2. The predicted molar refractivity (Wildman–Crippen MR) is 69.6 cm³/mol. The van der Waals surface area contributed by atoms with Crippen molar-refractivity contribution in [3.63, 3.8) is 0 Å². The number of amides is 1. The number of nitrogens with zero attached hydrogens (tertiary/aromatic N) is 3. The van der Waals surface area contributed by atoms with Crippen LogP contribution in [0.1, 0.15) is 46.4 Å². The van der Waals surface area contributed by atoms with Gasteiger partial charge in [-0.25, -0.2) is 0 Å². The molecule has 0 aromatic carbocycles. The molecule has 0 radical (unpaired) electrons. The van der Waals surface area contributed by atoms with E-state index >= 15 is 0 Å². The minimum absolute atomic E-state index is 0.0747. The Morgan fingerprint density at radius 1 is 1.44 bits per heavy atom. The summed E-state index contributed by atoms with van der Waals surface area (Å²) in [6, 6.07) is 0.364. The SMILES string of the molecule is CC(C)c1noc(N(C)CC(=O)NC(C)(C)C)n1. The van der Waals surface area contributed by atoms with Crippen LogP contribution in [0.3, 0.4) is 0 Å². The van der Waals surface area contributed by atoms with E-state index in [0.717, 1.165) is 0 Å². The summed E-state index contributed by atoms with van der Waals surface area (Å²) in [7, 11) is 1.75. The van der Waals surface area contributed by atoms with Crippen LogP contribution in [-0.4, -0.2) is 35.2 Å². The van der Waals surface area contributed by atoms with E-state index in [1.54, 1.807) is 11.9 Å². The standard InChI is InChI=1S/C12H22N4O2/c1-8(2)10-13-11(18-15-10)16(6)7-9(17)14-12(3,4)5/h8H,7H2,1-6H3,(H,14,17). The molecule has 0 bridgehead atoms. The predicted octanol–water partition coefficient (Wildman–Crippen LogP) is 1.54. The number of rotatable bonds is 4. The van der Waals surface area contributed by atoms with Crippen molar-refractivity contribution in [1.82, 2.24) is 15.5 Å². The lowest BCUT2D eigenvalue weighted by molar-refractivity contribution is -0.121. The molecule has 0 saturated heterocycles. The molecule has 0 fully saturated rings. The van der Waals surface area contributed by atoms with E-state index in [0.29, 0.717) is 11.8 Å². The van der Waals surface area contributed by atoms with Crippen molar-refractivity contribution in [3.8, 4) is 0 Å². The lowest BCUT2D eigenvalue weighted by Crippen LogP contribution is -2.45. The smallest absolute Gasteiger partial charge is 0.324 e. The van der Waals surface area contributed by atoms with E-state index in [1.807, 2.05) is 34.6 Å². The van der Waals surface area contributed by atoms with Gasteiger partial charge in [-0.3, -0.25) is 4.79 Å². The Morgan fingerprint density at radius 3 is 2.50 bits per heavy atom. The zero-order valence-corrected chi connectivity index (χ0v) is 11.9. The number of carbonyl (C=O) groups is 1. The van der Waals surface area contributed by atoms with E-state index in [1.165, 1.54) is 0 Å². The van der Waals surface area contributed by atoms with Gasteiger partial charge in [-0.05, 0) is 20.8 Å². The summed E-state index contributed by atoms with van der Waals surface area (Å²) in [6.45, 7) is 9.98. The average molecular weight is 254 g/mol. The van der Waals surface area contributed by atoms with Crippen LogP contribution in [0.25, 0.3) is 0 Å². The van der Waals surface area contributed by atoms with Crippen LogP contribution in [0.2, 0.25) is 0 Å². The van der Waals surface area contributed by atoms with Crippen molar-refractivity contribution in [1.29, 1.82) is 0 Å². The van der Waals surface area contributed by atoms with E-state index in [9.17, 15) is 4.79 Å². The molecule has 1 aromatic rings. The summed E-state index contributed by atoms with van der Waals surface area (Å²) in [6.07, 6.45) is 0. The second-order valence-corrected chi connectivity index (χ2v) is 5.74. The topological polar surface area (TPSA) is 71.3 Å². The number of nitrogens with one attached hydrogen (secondary N) is 1. The third-order valence-electron chi connectivity index (χ3n) is 2.17. The molecule has 18 heavy (non-hydrogen) atoms. The number of hydrogen-bond donors (Lipinski definition) is 1. The third-order valence-corrected chi connectivity index (χ3v) is 2.17. The van der Waals surface area contributed by atoms with Gasteiger partial charge in [-0.15, -0.1) is 0 Å². The molecule has 0 aliphatic heterocycles. The average Bonchev–Trinajstić information content (AvgIpc) is 2.62. The molecular weight excluding hydrogens is 232 g/mol. The molecular formula is C12H22N4O2. The minimum Gasteiger partial charge on any atom is -0.350 e. The summed E-state index contributed by atoms with van der Waals surface area (Å²) in [5.74, 6) is 0.779. The largest absolute Gasteiger partial charge is 0.350 e. The Balaban J connectivity index is 2.59. The normalized spacial score (nSPS) is 11.7. The van der Waals surface area contributed by atoms with E-state index in [2.05, 4.69) is 15.5 Å². The van der Waals surface area contributed by atoms with Crippen LogP contribution in [0, 0.1) is 0 Å². The second kappa shape index (κ2) is 5.37. The molecule has 102 valence electrons. The van der Waals surface area contributed by atoms with Crippen molar-refractivity contribution < 1.29 is 9.32 Å². The molecule has 6 nitrogen and oxygen atoms in total. The first-order chi connectivity index (χ1) is 8.19. The Labute approximate surface area is 108 Å². The van der Waals surface area contributed by atoms with Crippen LogP contribution in [-0.2, 0) is 4.79 Å². The van der Waals surface area contributed by atoms with Crippen molar-refractivity contribution >= 4 is 11.9 Å². The lowest BCUT2D eigenvalue weighted by Gasteiger charge is -2.22. The van der Waals surface area contributed by atoms with E-state index < -0.39 is 0 Å². The number of carbonyl (C=O) groups excluding carboxylic acids is 1. The Kier molecular flexibility index (Phi) is 4.32. The van der Waals surface area contributed by atoms with Crippen molar-refractivity contribution in [2.24, 2.45) is 0 Å². The molecule has 6 heteroatoms. The molecule has 1 heterocycles. The maximum atomic E-state index is 11.7. The summed E-state index contributed by atoms with van der Waals surface area (Å²) < 4.78 is 5.10. The van der Waals surface area contributed by atoms with Crippen LogP contribution < -0.4 is 10.2 Å². The monoisotopic (exact) mass is 254 g/mol. The highest BCUT2D eigenvalue weighted by Gasteiger charge is 2.18. The Bertz CT molecular complexity index is 406. The fraction of sp³-hybridized carbons (Fsp3) is 0.750. The van der Waals surface area contributed by atoms with Crippen LogP contribution in [0.15, 0.2) is 4.52 Å². The second-order valence-electron chi connectivity index (χ2n) is 5.74. The fourth-order valence-electron chi connectivity index (χ4n) is 1.36. The van der Waals surface area contributed by atoms with Crippen molar-refractivity contribution in [2.75, 3.05) is 18.5 Å². The van der Waals surface area contributed by atoms with Gasteiger partial charge in [0.05, 0.1) is 0 Å². The Morgan fingerprint density at radius 2 is 2.06 bits per heavy atom. The van der Waals surface area contributed by atoms with Crippen LogP contribution in [0.5, 0.6) is 0 Å². The first-order valence-corrected chi connectivity index (χ1v) is 6.05. The van der Waals surface area contributed by atoms with Crippen LogP contribution in [0.4, 0.5) is 6.01 Å². The number of likely N-dealkylation sites (N-methyl/N-ethyl adjacent to an activating group) is 1. The van der Waals surface area contributed by atoms with Gasteiger partial charge in [0.1, 0.15) is 6.54 Å². The maximum absolute atomic E-state index is 11.7. The highest BCUT2D eigenvalue weighted by molar-refractivity contribution is 5.81. The van der Waals surface area contributed by atoms with Crippen LogP contribution >= 0.6 is 0 Å². The third kappa shape index (κ3) is 4.35. The highest BCUT2D eigenvalue weighted by atomic mass is 16.5. The molecule has 0 saturated carbocycles. The zero-order valence-electron chi connectivity index (χ0n) is 11.9. The first-order valence-electron chi connectivity index (χ1n) is 6.05. The molecule has 1 N–H and O–H groups in total. The minimum atomic E-state index is -0.240. The molecule has 1 rings (SSSR count). The first kappa shape index (κ1) is 14.5. The lowest BCUT2D eigenvalue weighted by atomic mass is 10.1. The molecule has 0 atom stereocenters. The van der Waals surface area contributed by atoms with Crippen molar-refractivity contribution in [2.45, 2.75) is 46.1 Å². The summed E-state index contributed by atoms with van der Waals surface area (Å²) >= 11 is 0. The maximum Gasteiger partial charge on any atom is 0.324 e. The van der Waals surface area contributed by atoms with Gasteiger partial charge in [0.15, 0.2) is 5.82 Å². The highest BCUT2D eigenvalue weighted by Crippen LogP contribution is 2.14. The number of anilines is 1. The number of hydrogen-bond acceptors (Lipinski definition) is 5. The Hall–Kier alpha value is -1.59.